The lowest BCUT2D eigenvalue weighted by Crippen LogP contribution is -1.97. The van der Waals surface area contributed by atoms with E-state index in [4.69, 9.17) is 11.0 Å². The van der Waals surface area contributed by atoms with Gasteiger partial charge in [0.15, 0.2) is 5.16 Å². The zero-order valence-corrected chi connectivity index (χ0v) is 6.38. The Hall–Kier alpha value is -1.35. The Morgan fingerprint density at radius 1 is 1.64 bits per heavy atom. The first kappa shape index (κ1) is 7.75. The maximum atomic E-state index is 8.22. The Morgan fingerprint density at radius 3 is 3.09 bits per heavy atom. The maximum absolute atomic E-state index is 8.22. The minimum Gasteiger partial charge on any atom is -0.368 e. The number of rotatable bonds is 2. The van der Waals surface area contributed by atoms with Crippen molar-refractivity contribution in [3.8, 4) is 6.07 Å². The molecular weight excluding hydrogens is 162 g/mol. The van der Waals surface area contributed by atoms with Crippen molar-refractivity contribution in [3.05, 3.63) is 6.33 Å². The Labute approximate surface area is 67.7 Å². The highest BCUT2D eigenvalue weighted by atomic mass is 32.2. The molecule has 0 bridgehead atoms. The van der Waals surface area contributed by atoms with Crippen LogP contribution >= 0.6 is 11.8 Å². The molecule has 0 atom stereocenters. The van der Waals surface area contributed by atoms with Crippen molar-refractivity contribution >= 4 is 17.7 Å². The van der Waals surface area contributed by atoms with Crippen molar-refractivity contribution in [2.24, 2.45) is 0 Å². The summed E-state index contributed by atoms with van der Waals surface area (Å²) >= 11 is 1.23. The van der Waals surface area contributed by atoms with E-state index in [1.54, 1.807) is 0 Å². The minimum atomic E-state index is 0.181. The van der Waals surface area contributed by atoms with Gasteiger partial charge in [-0.05, 0) is 0 Å². The summed E-state index contributed by atoms with van der Waals surface area (Å²) in [6.45, 7) is 0. The molecular formula is C5H5N5S. The van der Waals surface area contributed by atoms with Crippen LogP contribution in [-0.4, -0.2) is 20.7 Å². The highest BCUT2D eigenvalue weighted by Crippen LogP contribution is 2.10. The lowest BCUT2D eigenvalue weighted by Gasteiger charge is -1.93. The van der Waals surface area contributed by atoms with Crippen LogP contribution in [-0.2, 0) is 0 Å². The van der Waals surface area contributed by atoms with E-state index in [1.165, 1.54) is 18.1 Å². The molecule has 2 N–H and O–H groups in total. The van der Waals surface area contributed by atoms with Gasteiger partial charge in [-0.25, -0.2) is 9.97 Å². The summed E-state index contributed by atoms with van der Waals surface area (Å²) in [5.41, 5.74) is 5.27. The molecule has 11 heavy (non-hydrogen) atoms. The summed E-state index contributed by atoms with van der Waals surface area (Å²) < 4.78 is 0. The molecule has 0 radical (unpaired) electrons. The van der Waals surface area contributed by atoms with Crippen LogP contribution in [0.5, 0.6) is 0 Å². The lowest BCUT2D eigenvalue weighted by molar-refractivity contribution is 0.917. The number of nitrogens with zero attached hydrogens (tertiary/aromatic N) is 4. The van der Waals surface area contributed by atoms with Crippen LogP contribution in [0.3, 0.4) is 0 Å². The number of nitrogens with two attached hydrogens (primary N) is 1. The van der Waals surface area contributed by atoms with Crippen LogP contribution in [0.15, 0.2) is 11.5 Å². The summed E-state index contributed by atoms with van der Waals surface area (Å²) in [4.78, 5) is 11.2. The first-order valence-electron chi connectivity index (χ1n) is 2.77. The Balaban J connectivity index is 2.65. The minimum absolute atomic E-state index is 0.181. The summed E-state index contributed by atoms with van der Waals surface area (Å²) in [7, 11) is 0. The van der Waals surface area contributed by atoms with Crippen molar-refractivity contribution < 1.29 is 0 Å². The molecule has 1 heterocycles. The maximum Gasteiger partial charge on any atom is 0.223 e. The van der Waals surface area contributed by atoms with Crippen LogP contribution in [0, 0.1) is 11.3 Å². The van der Waals surface area contributed by atoms with E-state index < -0.39 is 0 Å². The second kappa shape index (κ2) is 3.73. The molecule has 0 fully saturated rings. The van der Waals surface area contributed by atoms with E-state index in [9.17, 15) is 0 Å². The smallest absolute Gasteiger partial charge is 0.223 e. The third-order valence-electron chi connectivity index (χ3n) is 0.834. The molecule has 56 valence electrons. The summed E-state index contributed by atoms with van der Waals surface area (Å²) in [5, 5.41) is 8.71. The SMILES string of the molecule is N#CCSc1ncnc(N)n1. The average Bonchev–Trinajstić information content (AvgIpc) is 2.01. The first-order chi connectivity index (χ1) is 5.33. The first-order valence-corrected chi connectivity index (χ1v) is 3.76. The van der Waals surface area contributed by atoms with E-state index in [1.807, 2.05) is 6.07 Å². The highest BCUT2D eigenvalue weighted by Gasteiger charge is 1.96. The van der Waals surface area contributed by atoms with Gasteiger partial charge in [0.05, 0.1) is 11.8 Å². The van der Waals surface area contributed by atoms with E-state index in [2.05, 4.69) is 15.0 Å². The van der Waals surface area contributed by atoms with Crippen LogP contribution in [0.2, 0.25) is 0 Å². The molecule has 0 aliphatic carbocycles. The second-order valence-corrected chi connectivity index (χ2v) is 2.52. The largest absolute Gasteiger partial charge is 0.368 e. The molecule has 1 rings (SSSR count). The monoisotopic (exact) mass is 167 g/mol. The van der Waals surface area contributed by atoms with E-state index in [0.29, 0.717) is 10.9 Å². The molecule has 0 amide bonds. The topological polar surface area (TPSA) is 88.5 Å². The fourth-order valence-electron chi connectivity index (χ4n) is 0.460. The van der Waals surface area contributed by atoms with Crippen LogP contribution in [0.4, 0.5) is 5.95 Å². The van der Waals surface area contributed by atoms with Crippen molar-refractivity contribution in [3.63, 3.8) is 0 Å². The number of nitrogen functional groups attached to an aromatic ring is 1. The van der Waals surface area contributed by atoms with E-state index >= 15 is 0 Å². The quantitative estimate of drug-likeness (QED) is 0.627. The molecule has 0 spiro atoms. The highest BCUT2D eigenvalue weighted by molar-refractivity contribution is 7.99. The van der Waals surface area contributed by atoms with Gasteiger partial charge in [-0.3, -0.25) is 0 Å². The van der Waals surface area contributed by atoms with Crippen molar-refractivity contribution in [2.45, 2.75) is 5.16 Å². The van der Waals surface area contributed by atoms with Crippen LogP contribution < -0.4 is 5.73 Å². The van der Waals surface area contributed by atoms with Gasteiger partial charge in [-0.15, -0.1) is 0 Å². The number of hydrogen-bond acceptors (Lipinski definition) is 6. The number of nitriles is 1. The van der Waals surface area contributed by atoms with Gasteiger partial charge in [-0.1, -0.05) is 11.8 Å². The van der Waals surface area contributed by atoms with Gasteiger partial charge >= 0.3 is 0 Å². The predicted octanol–water partition coefficient (Wildman–Crippen LogP) is 0.0695. The lowest BCUT2D eigenvalue weighted by atomic mass is 10.9. The molecule has 0 saturated carbocycles. The Bertz CT molecular complexity index is 280. The average molecular weight is 167 g/mol. The zero-order valence-electron chi connectivity index (χ0n) is 5.56. The Morgan fingerprint density at radius 2 is 2.45 bits per heavy atom. The van der Waals surface area contributed by atoms with Crippen molar-refractivity contribution in [1.82, 2.24) is 15.0 Å². The molecule has 6 heteroatoms. The van der Waals surface area contributed by atoms with Crippen molar-refractivity contribution in [2.75, 3.05) is 11.5 Å². The van der Waals surface area contributed by atoms with Gasteiger partial charge in [-0.2, -0.15) is 10.2 Å². The number of anilines is 1. The molecule has 0 saturated heterocycles. The summed E-state index contributed by atoms with van der Waals surface area (Å²) in [6, 6.07) is 1.96. The fraction of sp³-hybridized carbons (Fsp3) is 0.200. The van der Waals surface area contributed by atoms with Gasteiger partial charge in [0, 0.05) is 0 Å². The molecule has 1 aromatic heterocycles. The third-order valence-corrected chi connectivity index (χ3v) is 1.56. The summed E-state index contributed by atoms with van der Waals surface area (Å²) in [6.07, 6.45) is 1.32. The number of thioether (sulfide) groups is 1. The molecule has 0 aliphatic rings. The van der Waals surface area contributed by atoms with Crippen molar-refractivity contribution in [1.29, 1.82) is 5.26 Å². The van der Waals surface area contributed by atoms with Gasteiger partial charge in [0.2, 0.25) is 5.95 Å². The predicted molar refractivity (Wildman–Crippen MR) is 40.6 cm³/mol. The zero-order chi connectivity index (χ0) is 8.10. The molecule has 0 aliphatic heterocycles. The normalized spacial score (nSPS) is 9.00. The molecule has 0 aromatic carbocycles. The molecule has 1 aromatic rings. The second-order valence-electron chi connectivity index (χ2n) is 1.57. The van der Waals surface area contributed by atoms with Gasteiger partial charge in [0.25, 0.3) is 0 Å². The Kier molecular flexibility index (Phi) is 2.63. The van der Waals surface area contributed by atoms with E-state index in [0.717, 1.165) is 0 Å². The number of hydrogen-bond donors (Lipinski definition) is 1. The van der Waals surface area contributed by atoms with E-state index in [-0.39, 0.29) is 5.95 Å². The standard InChI is InChI=1S/C5H5N5S/c6-1-2-11-5-9-3-8-4(7)10-5/h3H,2H2,(H2,7,8,9,10). The fourth-order valence-corrected chi connectivity index (χ4v) is 0.933. The molecule has 5 nitrogen and oxygen atoms in total. The summed E-state index contributed by atoms with van der Waals surface area (Å²) in [5.74, 6) is 0.504. The number of aromatic nitrogens is 3. The third kappa shape index (κ3) is 2.39. The molecule has 0 unspecified atom stereocenters. The van der Waals surface area contributed by atoms with Gasteiger partial charge in [0.1, 0.15) is 6.33 Å². The van der Waals surface area contributed by atoms with Crippen LogP contribution in [0.1, 0.15) is 0 Å². The van der Waals surface area contributed by atoms with Gasteiger partial charge < -0.3 is 5.73 Å². The van der Waals surface area contributed by atoms with Crippen LogP contribution in [0.25, 0.3) is 0 Å².